The molecule has 0 heterocycles. The minimum Gasteiger partial charge on any atom is -0.348 e. The van der Waals surface area contributed by atoms with Gasteiger partial charge in [0.2, 0.25) is 5.91 Å². The number of hydrogen-bond acceptors (Lipinski definition) is 4. The van der Waals surface area contributed by atoms with Gasteiger partial charge in [-0.2, -0.15) is 0 Å². The smallest absolute Gasteiger partial charge is 0.221 e. The molecule has 1 atom stereocenters. The summed E-state index contributed by atoms with van der Waals surface area (Å²) in [7, 11) is 0.415. The van der Waals surface area contributed by atoms with Gasteiger partial charge in [0.25, 0.3) is 0 Å². The summed E-state index contributed by atoms with van der Waals surface area (Å²) >= 11 is 0. The van der Waals surface area contributed by atoms with Crippen molar-refractivity contribution in [3.63, 3.8) is 0 Å². The topological polar surface area (TPSA) is 66.5 Å². The molecule has 0 bridgehead atoms. The van der Waals surface area contributed by atoms with E-state index in [1.807, 2.05) is 49.3 Å². The molecule has 25 heavy (non-hydrogen) atoms. The third-order valence-electron chi connectivity index (χ3n) is 3.79. The van der Waals surface area contributed by atoms with E-state index in [2.05, 4.69) is 5.32 Å². The number of rotatable bonds is 8. The van der Waals surface area contributed by atoms with Crippen LogP contribution in [0.2, 0.25) is 0 Å². The van der Waals surface area contributed by atoms with Crippen LogP contribution in [0.3, 0.4) is 0 Å². The van der Waals surface area contributed by atoms with Gasteiger partial charge in [-0.25, -0.2) is 8.42 Å². The largest absolute Gasteiger partial charge is 0.348 e. The number of benzene rings is 2. The monoisotopic (exact) mass is 360 g/mol. The highest BCUT2D eigenvalue weighted by Gasteiger charge is 2.19. The maximum Gasteiger partial charge on any atom is 0.221 e. The van der Waals surface area contributed by atoms with E-state index in [-0.39, 0.29) is 29.0 Å². The predicted molar refractivity (Wildman–Crippen MR) is 99.0 cm³/mol. The third kappa shape index (κ3) is 5.99. The molecule has 2 aromatic carbocycles. The fourth-order valence-corrected chi connectivity index (χ4v) is 3.79. The number of amides is 1. The van der Waals surface area contributed by atoms with E-state index in [4.69, 9.17) is 0 Å². The van der Waals surface area contributed by atoms with Gasteiger partial charge in [-0.1, -0.05) is 48.5 Å². The van der Waals surface area contributed by atoms with Crippen LogP contribution < -0.4 is 5.32 Å². The molecule has 0 aliphatic rings. The van der Waals surface area contributed by atoms with Crippen molar-refractivity contribution >= 4 is 15.7 Å². The molecule has 0 aromatic heterocycles. The van der Waals surface area contributed by atoms with Crippen LogP contribution in [0.4, 0.5) is 0 Å². The van der Waals surface area contributed by atoms with Crippen molar-refractivity contribution in [2.45, 2.75) is 17.4 Å². The molecule has 1 N–H and O–H groups in total. The van der Waals surface area contributed by atoms with Crippen LogP contribution in [0.1, 0.15) is 18.0 Å². The van der Waals surface area contributed by atoms with Crippen LogP contribution >= 0.6 is 0 Å². The summed E-state index contributed by atoms with van der Waals surface area (Å²) in [5.74, 6) is -0.470. The molecule has 2 aromatic rings. The van der Waals surface area contributed by atoms with Crippen molar-refractivity contribution in [2.75, 3.05) is 26.4 Å². The van der Waals surface area contributed by atoms with E-state index in [1.165, 1.54) is 0 Å². The minimum atomic E-state index is -3.45. The van der Waals surface area contributed by atoms with E-state index in [0.29, 0.717) is 6.54 Å². The molecule has 134 valence electrons. The van der Waals surface area contributed by atoms with E-state index in [1.54, 1.807) is 30.3 Å². The average molecular weight is 360 g/mol. The van der Waals surface area contributed by atoms with Crippen molar-refractivity contribution in [2.24, 2.45) is 0 Å². The van der Waals surface area contributed by atoms with Crippen molar-refractivity contribution in [3.8, 4) is 0 Å². The number of nitrogens with zero attached hydrogens (tertiary/aromatic N) is 1. The Bertz CT molecular complexity index is 775. The molecule has 1 amide bonds. The summed E-state index contributed by atoms with van der Waals surface area (Å²) in [6.07, 6.45) is -0.0615. The van der Waals surface area contributed by atoms with Gasteiger partial charge in [0.15, 0.2) is 9.84 Å². The Hall–Kier alpha value is -2.18. The number of likely N-dealkylation sites (N-methyl/N-ethyl adjacent to an activating group) is 1. The molecule has 0 unspecified atom stereocenters. The molecule has 0 fully saturated rings. The molecule has 0 spiro atoms. The van der Waals surface area contributed by atoms with Gasteiger partial charge < -0.3 is 10.2 Å². The number of sulfone groups is 1. The molecule has 0 aliphatic heterocycles. The maximum absolute atomic E-state index is 12.3. The molecule has 2 rings (SSSR count). The summed E-state index contributed by atoms with van der Waals surface area (Å²) in [5, 5.41) is 2.94. The summed E-state index contributed by atoms with van der Waals surface area (Å²) < 4.78 is 24.6. The lowest BCUT2D eigenvalue weighted by atomic mass is 10.1. The molecule has 0 radical (unpaired) electrons. The first-order chi connectivity index (χ1) is 11.9. The fraction of sp³-hybridized carbons (Fsp3) is 0.316. The summed E-state index contributed by atoms with van der Waals surface area (Å²) in [6.45, 7) is 0.640. The van der Waals surface area contributed by atoms with Gasteiger partial charge in [0.1, 0.15) is 0 Å². The Morgan fingerprint density at radius 3 is 2.12 bits per heavy atom. The van der Waals surface area contributed by atoms with E-state index in [9.17, 15) is 13.2 Å². The summed E-state index contributed by atoms with van der Waals surface area (Å²) in [4.78, 5) is 14.5. The molecular weight excluding hydrogens is 336 g/mol. The maximum atomic E-state index is 12.3. The molecule has 6 heteroatoms. The zero-order chi connectivity index (χ0) is 18.3. The van der Waals surface area contributed by atoms with E-state index < -0.39 is 9.84 Å². The summed E-state index contributed by atoms with van der Waals surface area (Å²) in [6, 6.07) is 17.7. The standard InChI is InChI=1S/C19H24N2O3S/c1-21(2)15-18(16-9-5-3-6-10-16)20-19(22)13-14-25(23,24)17-11-7-4-8-12-17/h3-12,18H,13-15H2,1-2H3,(H,20,22)/t18-/m1/s1. The second-order valence-corrected chi connectivity index (χ2v) is 8.28. The highest BCUT2D eigenvalue weighted by Crippen LogP contribution is 2.15. The van der Waals surface area contributed by atoms with Crippen molar-refractivity contribution in [1.29, 1.82) is 0 Å². The first-order valence-electron chi connectivity index (χ1n) is 8.15. The van der Waals surface area contributed by atoms with Gasteiger partial charge in [-0.05, 0) is 31.8 Å². The van der Waals surface area contributed by atoms with Gasteiger partial charge in [0, 0.05) is 13.0 Å². The number of hydrogen-bond donors (Lipinski definition) is 1. The second kappa shape index (κ2) is 8.78. The second-order valence-electron chi connectivity index (χ2n) is 6.17. The molecular formula is C19H24N2O3S. The van der Waals surface area contributed by atoms with E-state index >= 15 is 0 Å². The highest BCUT2D eigenvalue weighted by atomic mass is 32.2. The van der Waals surface area contributed by atoms with Crippen LogP contribution in [0.15, 0.2) is 65.6 Å². The lowest BCUT2D eigenvalue weighted by Gasteiger charge is -2.23. The number of nitrogens with one attached hydrogen (secondary N) is 1. The van der Waals surface area contributed by atoms with Crippen molar-refractivity contribution in [3.05, 3.63) is 66.2 Å². The number of carbonyl (C=O) groups is 1. The normalized spacial score (nSPS) is 12.8. The first kappa shape index (κ1) is 19.1. The Balaban J connectivity index is 1.99. The van der Waals surface area contributed by atoms with Gasteiger partial charge in [0.05, 0.1) is 16.7 Å². The van der Waals surface area contributed by atoms with E-state index in [0.717, 1.165) is 5.56 Å². The van der Waals surface area contributed by atoms with Gasteiger partial charge in [-0.15, -0.1) is 0 Å². The quantitative estimate of drug-likeness (QED) is 0.784. The lowest BCUT2D eigenvalue weighted by Crippen LogP contribution is -2.36. The minimum absolute atomic E-state index is 0.0615. The first-order valence-corrected chi connectivity index (χ1v) is 9.80. The van der Waals surface area contributed by atoms with Gasteiger partial charge >= 0.3 is 0 Å². The molecule has 0 saturated heterocycles. The predicted octanol–water partition coefficient (Wildman–Crippen LogP) is 2.27. The molecule has 5 nitrogen and oxygen atoms in total. The van der Waals surface area contributed by atoms with Crippen LogP contribution in [0.5, 0.6) is 0 Å². The number of carbonyl (C=O) groups excluding carboxylic acids is 1. The molecule has 0 aliphatic carbocycles. The summed E-state index contributed by atoms with van der Waals surface area (Å²) in [5.41, 5.74) is 0.996. The van der Waals surface area contributed by atoms with Crippen LogP contribution in [0, 0.1) is 0 Å². The fourth-order valence-electron chi connectivity index (χ4n) is 2.52. The SMILES string of the molecule is CN(C)C[C@@H](NC(=O)CCS(=O)(=O)c1ccccc1)c1ccccc1. The van der Waals surface area contributed by atoms with Crippen LogP contribution in [0.25, 0.3) is 0 Å². The Labute approximate surface area is 149 Å². The van der Waals surface area contributed by atoms with Crippen molar-refractivity contribution < 1.29 is 13.2 Å². The average Bonchev–Trinajstić information content (AvgIpc) is 2.61. The molecule has 0 saturated carbocycles. The van der Waals surface area contributed by atoms with Crippen molar-refractivity contribution in [1.82, 2.24) is 10.2 Å². The Morgan fingerprint density at radius 1 is 1.00 bits per heavy atom. The van der Waals surface area contributed by atoms with Crippen LogP contribution in [-0.2, 0) is 14.6 Å². The van der Waals surface area contributed by atoms with Crippen LogP contribution in [-0.4, -0.2) is 45.6 Å². The zero-order valence-electron chi connectivity index (χ0n) is 14.6. The lowest BCUT2D eigenvalue weighted by molar-refractivity contribution is -0.121. The third-order valence-corrected chi connectivity index (χ3v) is 5.52. The van der Waals surface area contributed by atoms with Gasteiger partial charge in [-0.3, -0.25) is 4.79 Å². The Morgan fingerprint density at radius 2 is 1.56 bits per heavy atom. The highest BCUT2D eigenvalue weighted by molar-refractivity contribution is 7.91. The Kier molecular flexibility index (Phi) is 6.73. The zero-order valence-corrected chi connectivity index (χ0v) is 15.4.